The molecule has 102 valence electrons. The third-order valence-corrected chi connectivity index (χ3v) is 3.37. The predicted molar refractivity (Wildman–Crippen MR) is 60.8 cm³/mol. The highest BCUT2D eigenvalue weighted by Crippen LogP contribution is 2.40. The fraction of sp³-hybridized carbons (Fsp3) is 0.500. The van der Waals surface area contributed by atoms with Gasteiger partial charge in [0.15, 0.2) is 12.4 Å². The number of amides is 1. The van der Waals surface area contributed by atoms with Gasteiger partial charge in [-0.05, 0) is 19.9 Å². The van der Waals surface area contributed by atoms with E-state index in [1.807, 2.05) is 0 Å². The fourth-order valence-corrected chi connectivity index (χ4v) is 2.43. The van der Waals surface area contributed by atoms with Crippen LogP contribution in [-0.2, 0) is 9.53 Å². The van der Waals surface area contributed by atoms with Crippen molar-refractivity contribution in [2.24, 2.45) is 5.92 Å². The number of ether oxygens (including phenoxy) is 1. The minimum atomic E-state index is -2.46. The number of nitrogens with zero attached hydrogens (tertiary/aromatic N) is 2. The maximum Gasteiger partial charge on any atom is 0.489 e. The van der Waals surface area contributed by atoms with Gasteiger partial charge in [-0.2, -0.15) is 0 Å². The van der Waals surface area contributed by atoms with Crippen LogP contribution >= 0.6 is 0 Å². The van der Waals surface area contributed by atoms with Crippen molar-refractivity contribution in [1.29, 1.82) is 0 Å². The lowest BCUT2D eigenvalue weighted by molar-refractivity contribution is -0.791. The molecule has 0 aromatic rings. The van der Waals surface area contributed by atoms with Gasteiger partial charge in [0.2, 0.25) is 0 Å². The SMILES string of the molecule is CC1=C2OCC(=O)NC2=CC(C)C1([N+](=O)[O-])[N+](=O)[O-]. The van der Waals surface area contributed by atoms with Gasteiger partial charge in [0.1, 0.15) is 21.3 Å². The number of fused-ring (bicyclic) bond motifs is 1. The highest BCUT2D eigenvalue weighted by atomic mass is 16.7. The van der Waals surface area contributed by atoms with Gasteiger partial charge in [-0.3, -0.25) is 25.0 Å². The summed E-state index contributed by atoms with van der Waals surface area (Å²) in [6.07, 6.45) is 1.28. The van der Waals surface area contributed by atoms with Crippen molar-refractivity contribution in [2.75, 3.05) is 6.61 Å². The lowest BCUT2D eigenvalue weighted by Crippen LogP contribution is -2.55. The Labute approximate surface area is 107 Å². The smallest absolute Gasteiger partial charge is 0.481 e. The number of morpholine rings is 1. The van der Waals surface area contributed by atoms with Gasteiger partial charge < -0.3 is 10.1 Å². The van der Waals surface area contributed by atoms with Gasteiger partial charge >= 0.3 is 5.66 Å². The Hall–Kier alpha value is -2.45. The second-order valence-electron chi connectivity index (χ2n) is 4.40. The fourth-order valence-electron chi connectivity index (χ4n) is 2.43. The van der Waals surface area contributed by atoms with E-state index in [4.69, 9.17) is 4.74 Å². The first-order valence-corrected chi connectivity index (χ1v) is 5.47. The van der Waals surface area contributed by atoms with Crippen molar-refractivity contribution < 1.29 is 19.4 Å². The standard InChI is InChI=1S/C10H11N3O6/c1-5-3-7-9(19-4-8(14)11-7)6(2)10(5,12(15)16)13(17)18/h3,5H,4H2,1-2H3,(H,11,14). The zero-order chi connectivity index (χ0) is 14.4. The zero-order valence-electron chi connectivity index (χ0n) is 10.2. The molecule has 19 heavy (non-hydrogen) atoms. The third-order valence-electron chi connectivity index (χ3n) is 3.37. The van der Waals surface area contributed by atoms with E-state index in [1.165, 1.54) is 19.9 Å². The molecule has 1 amide bonds. The summed E-state index contributed by atoms with van der Waals surface area (Å²) in [5, 5.41) is 25.0. The Bertz CT molecular complexity index is 535. The van der Waals surface area contributed by atoms with E-state index >= 15 is 0 Å². The van der Waals surface area contributed by atoms with Gasteiger partial charge in [0.05, 0.1) is 5.70 Å². The van der Waals surface area contributed by atoms with Gasteiger partial charge in [0.25, 0.3) is 5.91 Å². The average Bonchev–Trinajstić information content (AvgIpc) is 2.27. The number of nitro groups is 2. The molecule has 1 N–H and O–H groups in total. The van der Waals surface area contributed by atoms with E-state index in [9.17, 15) is 25.0 Å². The molecular weight excluding hydrogens is 258 g/mol. The number of nitrogens with one attached hydrogen (secondary N) is 1. The highest BCUT2D eigenvalue weighted by Gasteiger charge is 2.65. The van der Waals surface area contributed by atoms with Gasteiger partial charge in [-0.1, -0.05) is 0 Å². The van der Waals surface area contributed by atoms with E-state index in [-0.39, 0.29) is 23.6 Å². The van der Waals surface area contributed by atoms with E-state index in [2.05, 4.69) is 5.32 Å². The van der Waals surface area contributed by atoms with E-state index in [0.717, 1.165) is 0 Å². The molecule has 0 saturated carbocycles. The van der Waals surface area contributed by atoms with Gasteiger partial charge in [-0.25, -0.2) is 0 Å². The van der Waals surface area contributed by atoms with Crippen LogP contribution in [0.5, 0.6) is 0 Å². The minimum absolute atomic E-state index is 0.00565. The molecule has 9 nitrogen and oxygen atoms in total. The normalized spacial score (nSPS) is 24.8. The Morgan fingerprint density at radius 3 is 2.53 bits per heavy atom. The molecule has 0 spiro atoms. The van der Waals surface area contributed by atoms with Crippen LogP contribution in [0.4, 0.5) is 0 Å². The van der Waals surface area contributed by atoms with Crippen LogP contribution in [0.25, 0.3) is 0 Å². The van der Waals surface area contributed by atoms with Gasteiger partial charge in [0, 0.05) is 0 Å². The molecule has 2 rings (SSSR count). The molecule has 1 heterocycles. The van der Waals surface area contributed by atoms with Crippen LogP contribution in [0.2, 0.25) is 0 Å². The first-order valence-electron chi connectivity index (χ1n) is 5.47. The summed E-state index contributed by atoms with van der Waals surface area (Å²) in [7, 11) is 0. The second kappa shape index (κ2) is 4.04. The number of carbonyl (C=O) groups is 1. The Balaban J connectivity index is 2.62. The quantitative estimate of drug-likeness (QED) is 0.433. The lowest BCUT2D eigenvalue weighted by atomic mass is 9.82. The summed E-state index contributed by atoms with van der Waals surface area (Å²) in [6, 6.07) is 0. The maximum absolute atomic E-state index is 11.2. The summed E-state index contributed by atoms with van der Waals surface area (Å²) in [5.74, 6) is -1.41. The third kappa shape index (κ3) is 1.58. The molecule has 1 atom stereocenters. The van der Waals surface area contributed by atoms with Crippen molar-refractivity contribution in [2.45, 2.75) is 19.5 Å². The van der Waals surface area contributed by atoms with Crippen LogP contribution in [-0.4, -0.2) is 28.0 Å². The number of rotatable bonds is 2. The topological polar surface area (TPSA) is 125 Å². The van der Waals surface area contributed by atoms with Crippen molar-refractivity contribution in [3.8, 4) is 0 Å². The van der Waals surface area contributed by atoms with E-state index in [1.54, 1.807) is 0 Å². The lowest BCUT2D eigenvalue weighted by Gasteiger charge is -2.31. The summed E-state index contributed by atoms with van der Waals surface area (Å²) >= 11 is 0. The summed E-state index contributed by atoms with van der Waals surface area (Å²) in [5.41, 5.74) is -2.32. The van der Waals surface area contributed by atoms with Crippen molar-refractivity contribution in [3.05, 3.63) is 43.3 Å². The molecule has 1 aliphatic carbocycles. The maximum atomic E-state index is 11.2. The monoisotopic (exact) mass is 269 g/mol. The van der Waals surface area contributed by atoms with Crippen LogP contribution in [0.3, 0.4) is 0 Å². The summed E-state index contributed by atoms with van der Waals surface area (Å²) in [4.78, 5) is 31.8. The summed E-state index contributed by atoms with van der Waals surface area (Å²) < 4.78 is 5.10. The molecular formula is C10H11N3O6. The Morgan fingerprint density at radius 1 is 1.42 bits per heavy atom. The minimum Gasteiger partial charge on any atom is -0.481 e. The first kappa shape index (κ1) is 13.0. The highest BCUT2D eigenvalue weighted by molar-refractivity contribution is 5.81. The molecule has 9 heteroatoms. The van der Waals surface area contributed by atoms with Crippen LogP contribution in [0.15, 0.2) is 23.1 Å². The zero-order valence-corrected chi connectivity index (χ0v) is 10.2. The van der Waals surface area contributed by atoms with Gasteiger partial charge in [-0.15, -0.1) is 0 Å². The van der Waals surface area contributed by atoms with Crippen molar-refractivity contribution in [1.82, 2.24) is 5.32 Å². The average molecular weight is 269 g/mol. The largest absolute Gasteiger partial charge is 0.489 e. The Morgan fingerprint density at radius 2 is 2.00 bits per heavy atom. The molecule has 1 aliphatic heterocycles. The first-order chi connectivity index (χ1) is 8.81. The molecule has 0 aromatic heterocycles. The number of carbonyl (C=O) groups excluding carboxylic acids is 1. The summed E-state index contributed by atoms with van der Waals surface area (Å²) in [6.45, 7) is 2.32. The molecule has 0 aromatic carbocycles. The van der Waals surface area contributed by atoms with Crippen LogP contribution in [0.1, 0.15) is 13.8 Å². The molecule has 1 fully saturated rings. The predicted octanol–water partition coefficient (Wildman–Crippen LogP) is 0.190. The second-order valence-corrected chi connectivity index (χ2v) is 4.40. The van der Waals surface area contributed by atoms with Crippen LogP contribution in [0, 0.1) is 26.1 Å². The van der Waals surface area contributed by atoms with Crippen molar-refractivity contribution >= 4 is 5.91 Å². The van der Waals surface area contributed by atoms with Crippen molar-refractivity contribution in [3.63, 3.8) is 0 Å². The molecule has 0 radical (unpaired) electrons. The molecule has 0 bridgehead atoms. The van der Waals surface area contributed by atoms with Crippen LogP contribution < -0.4 is 5.32 Å². The van der Waals surface area contributed by atoms with E-state index in [0.29, 0.717) is 0 Å². The number of hydrogen-bond acceptors (Lipinski definition) is 6. The van der Waals surface area contributed by atoms with E-state index < -0.39 is 27.3 Å². The molecule has 1 saturated heterocycles. The number of hydrogen-bond donors (Lipinski definition) is 1. The molecule has 2 aliphatic rings. The molecule has 1 unspecified atom stereocenters. The Kier molecular flexibility index (Phi) is 2.76.